The Morgan fingerprint density at radius 2 is 1.93 bits per heavy atom. The van der Waals surface area contributed by atoms with E-state index in [2.05, 4.69) is 0 Å². The van der Waals surface area contributed by atoms with Gasteiger partial charge in [0, 0.05) is 6.26 Å². The number of rotatable bonds is 2. The van der Waals surface area contributed by atoms with Crippen LogP contribution in [0.4, 0.5) is 0 Å². The van der Waals surface area contributed by atoms with E-state index in [-0.39, 0.29) is 15.4 Å². The first-order chi connectivity index (χ1) is 6.32. The summed E-state index contributed by atoms with van der Waals surface area (Å²) in [6, 6.07) is 3.75. The minimum atomic E-state index is -3.37. The number of hydrogen-bond donors (Lipinski definition) is 2. The highest BCUT2D eigenvalue weighted by atomic mass is 35.5. The van der Waals surface area contributed by atoms with Gasteiger partial charge in [-0.25, -0.2) is 8.42 Å². The second-order valence-electron chi connectivity index (χ2n) is 2.84. The summed E-state index contributed by atoms with van der Waals surface area (Å²) in [5, 5.41) is 17.6. The SMILES string of the molecule is CS(=O)(=O)c1ccc(B(O)O)cc1Cl. The first kappa shape index (κ1) is 11.5. The predicted molar refractivity (Wildman–Crippen MR) is 54.4 cm³/mol. The van der Waals surface area contributed by atoms with Crippen LogP contribution in [0.3, 0.4) is 0 Å². The molecule has 0 aliphatic carbocycles. The van der Waals surface area contributed by atoms with Crippen LogP contribution in [0.25, 0.3) is 0 Å². The molecule has 0 amide bonds. The largest absolute Gasteiger partial charge is 0.488 e. The molecule has 0 heterocycles. The highest BCUT2D eigenvalue weighted by Crippen LogP contribution is 2.19. The second-order valence-corrected chi connectivity index (χ2v) is 5.23. The van der Waals surface area contributed by atoms with Crippen molar-refractivity contribution in [2.45, 2.75) is 4.90 Å². The van der Waals surface area contributed by atoms with Gasteiger partial charge in [0.2, 0.25) is 0 Å². The van der Waals surface area contributed by atoms with Crippen LogP contribution in [0.5, 0.6) is 0 Å². The molecule has 0 atom stereocenters. The van der Waals surface area contributed by atoms with Crippen molar-refractivity contribution in [2.75, 3.05) is 6.26 Å². The van der Waals surface area contributed by atoms with Crippen molar-refractivity contribution < 1.29 is 18.5 Å². The van der Waals surface area contributed by atoms with Crippen LogP contribution in [0.2, 0.25) is 5.02 Å². The topological polar surface area (TPSA) is 74.6 Å². The van der Waals surface area contributed by atoms with Crippen LogP contribution in [-0.4, -0.2) is 31.8 Å². The van der Waals surface area contributed by atoms with E-state index in [0.717, 1.165) is 6.26 Å². The Morgan fingerprint density at radius 1 is 1.36 bits per heavy atom. The molecular weight excluding hydrogens is 226 g/mol. The van der Waals surface area contributed by atoms with Crippen LogP contribution >= 0.6 is 11.6 Å². The second kappa shape index (κ2) is 3.90. The van der Waals surface area contributed by atoms with Crippen molar-refractivity contribution in [3.63, 3.8) is 0 Å². The van der Waals surface area contributed by atoms with E-state index in [0.29, 0.717) is 0 Å². The van der Waals surface area contributed by atoms with E-state index >= 15 is 0 Å². The Kier molecular flexibility index (Phi) is 3.21. The molecule has 0 saturated carbocycles. The molecule has 14 heavy (non-hydrogen) atoms. The van der Waals surface area contributed by atoms with Crippen molar-refractivity contribution in [3.8, 4) is 0 Å². The fourth-order valence-electron chi connectivity index (χ4n) is 0.978. The molecule has 0 aliphatic heterocycles. The molecule has 76 valence electrons. The van der Waals surface area contributed by atoms with E-state index in [4.69, 9.17) is 21.6 Å². The third-order valence-corrected chi connectivity index (χ3v) is 3.23. The van der Waals surface area contributed by atoms with Gasteiger partial charge in [-0.1, -0.05) is 17.7 Å². The highest BCUT2D eigenvalue weighted by Gasteiger charge is 2.16. The Hall–Kier alpha value is -0.555. The number of halogens is 1. The molecule has 1 aromatic carbocycles. The fourth-order valence-corrected chi connectivity index (χ4v) is 2.32. The zero-order valence-corrected chi connectivity index (χ0v) is 8.88. The average Bonchev–Trinajstić information content (AvgIpc) is 2.01. The van der Waals surface area contributed by atoms with Gasteiger partial charge in [0.25, 0.3) is 0 Å². The summed E-state index contributed by atoms with van der Waals surface area (Å²) in [6.45, 7) is 0. The lowest BCUT2D eigenvalue weighted by Crippen LogP contribution is -2.29. The molecule has 0 fully saturated rings. The molecule has 2 N–H and O–H groups in total. The van der Waals surface area contributed by atoms with Crippen LogP contribution < -0.4 is 5.46 Å². The highest BCUT2D eigenvalue weighted by molar-refractivity contribution is 7.90. The first-order valence-corrected chi connectivity index (χ1v) is 5.95. The lowest BCUT2D eigenvalue weighted by Gasteiger charge is -2.04. The lowest BCUT2D eigenvalue weighted by atomic mass is 9.80. The summed E-state index contributed by atoms with van der Waals surface area (Å²) < 4.78 is 22.3. The van der Waals surface area contributed by atoms with Crippen molar-refractivity contribution in [1.29, 1.82) is 0 Å². The molecule has 0 unspecified atom stereocenters. The molecule has 0 aliphatic rings. The van der Waals surface area contributed by atoms with Crippen LogP contribution in [0.1, 0.15) is 0 Å². The zero-order valence-electron chi connectivity index (χ0n) is 7.31. The maximum Gasteiger partial charge on any atom is 0.488 e. The van der Waals surface area contributed by atoms with Crippen molar-refractivity contribution in [2.24, 2.45) is 0 Å². The first-order valence-electron chi connectivity index (χ1n) is 3.68. The summed E-state index contributed by atoms with van der Waals surface area (Å²) in [5.41, 5.74) is 0.155. The third-order valence-electron chi connectivity index (χ3n) is 1.65. The third kappa shape index (κ3) is 2.48. The zero-order chi connectivity index (χ0) is 10.9. The maximum absolute atomic E-state index is 11.1. The molecule has 0 aromatic heterocycles. The Balaban J connectivity index is 3.28. The van der Waals surface area contributed by atoms with Gasteiger partial charge in [0.15, 0.2) is 9.84 Å². The van der Waals surface area contributed by atoms with Crippen LogP contribution in [0, 0.1) is 0 Å². The van der Waals surface area contributed by atoms with Gasteiger partial charge in [-0.15, -0.1) is 0 Å². The summed E-state index contributed by atoms with van der Waals surface area (Å²) in [5.74, 6) is 0. The molecule has 1 aromatic rings. The Labute approximate surface area is 87.2 Å². The summed E-state index contributed by atoms with van der Waals surface area (Å²) in [6.07, 6.45) is 1.03. The van der Waals surface area contributed by atoms with Gasteiger partial charge >= 0.3 is 7.12 Å². The summed E-state index contributed by atoms with van der Waals surface area (Å²) >= 11 is 5.66. The smallest absolute Gasteiger partial charge is 0.423 e. The maximum atomic E-state index is 11.1. The normalized spacial score (nSPS) is 11.4. The van der Waals surface area contributed by atoms with E-state index in [1.54, 1.807) is 0 Å². The van der Waals surface area contributed by atoms with Gasteiger partial charge in [0.1, 0.15) is 0 Å². The lowest BCUT2D eigenvalue weighted by molar-refractivity contribution is 0.425. The Bertz CT molecular complexity index is 443. The van der Waals surface area contributed by atoms with Crippen LogP contribution in [0.15, 0.2) is 23.1 Å². The molecule has 0 radical (unpaired) electrons. The van der Waals surface area contributed by atoms with Gasteiger partial charge < -0.3 is 10.0 Å². The molecular formula is C7H8BClO4S. The van der Waals surface area contributed by atoms with E-state index in [9.17, 15) is 8.42 Å². The fraction of sp³-hybridized carbons (Fsp3) is 0.143. The monoisotopic (exact) mass is 234 g/mol. The minimum Gasteiger partial charge on any atom is -0.423 e. The Morgan fingerprint density at radius 3 is 2.29 bits per heavy atom. The molecule has 0 saturated heterocycles. The van der Waals surface area contributed by atoms with Gasteiger partial charge in [-0.2, -0.15) is 0 Å². The quantitative estimate of drug-likeness (QED) is 0.672. The van der Waals surface area contributed by atoms with Crippen molar-refractivity contribution in [3.05, 3.63) is 23.2 Å². The van der Waals surface area contributed by atoms with Gasteiger partial charge in [-0.3, -0.25) is 0 Å². The minimum absolute atomic E-state index is 0.0156. The summed E-state index contributed by atoms with van der Waals surface area (Å²) in [7, 11) is -5.02. The standard InChI is InChI=1S/C7H8BClO4S/c1-14(12,13)7-3-2-5(8(10)11)4-6(7)9/h2-4,10-11H,1H3. The van der Waals surface area contributed by atoms with Gasteiger partial charge in [0.05, 0.1) is 9.92 Å². The van der Waals surface area contributed by atoms with Crippen LogP contribution in [-0.2, 0) is 9.84 Å². The molecule has 7 heteroatoms. The van der Waals surface area contributed by atoms with Gasteiger partial charge in [-0.05, 0) is 17.6 Å². The molecule has 0 spiro atoms. The average molecular weight is 234 g/mol. The number of hydrogen-bond acceptors (Lipinski definition) is 4. The van der Waals surface area contributed by atoms with E-state index in [1.807, 2.05) is 0 Å². The molecule has 0 bridgehead atoms. The molecule has 1 rings (SSSR count). The van der Waals surface area contributed by atoms with E-state index < -0.39 is 17.0 Å². The van der Waals surface area contributed by atoms with E-state index in [1.165, 1.54) is 18.2 Å². The van der Waals surface area contributed by atoms with Crippen molar-refractivity contribution in [1.82, 2.24) is 0 Å². The number of benzene rings is 1. The predicted octanol–water partition coefficient (Wildman–Crippen LogP) is -0.577. The molecule has 4 nitrogen and oxygen atoms in total. The summed E-state index contributed by atoms with van der Waals surface area (Å²) in [4.78, 5) is -0.0245. The number of sulfone groups is 1. The van der Waals surface area contributed by atoms with Crippen molar-refractivity contribution >= 4 is 34.0 Å².